The molecule has 0 heterocycles. The topological polar surface area (TPSA) is 130 Å². The lowest BCUT2D eigenvalue weighted by Gasteiger charge is -2.32. The molecule has 0 saturated heterocycles. The summed E-state index contributed by atoms with van der Waals surface area (Å²) in [6.07, 6.45) is 0.199. The molecule has 0 aromatic heterocycles. The van der Waals surface area contributed by atoms with Crippen LogP contribution in [0.2, 0.25) is 0 Å². The second-order valence-corrected chi connectivity index (χ2v) is 9.81. The summed E-state index contributed by atoms with van der Waals surface area (Å²) in [5.41, 5.74) is 5.19. The second kappa shape index (κ2) is 9.49. The smallest absolute Gasteiger partial charge is 0.224 e. The molecule has 1 rings (SSSR count). The second-order valence-electron chi connectivity index (χ2n) is 7.72. The number of carbonyl (C=O) groups is 2. The fourth-order valence-corrected chi connectivity index (χ4v) is 2.95. The van der Waals surface area contributed by atoms with Gasteiger partial charge in [-0.2, -0.15) is 0 Å². The number of benzene rings is 1. The molecule has 1 aromatic carbocycles. The molecule has 0 aliphatic rings. The molecule has 4 N–H and O–H groups in total. The van der Waals surface area contributed by atoms with Crippen LogP contribution < -0.4 is 11.1 Å². The molecule has 8 nitrogen and oxygen atoms in total. The molecular formula is C19H31N3O5S. The Hall–Kier alpha value is -1.97. The van der Waals surface area contributed by atoms with Crippen LogP contribution >= 0.6 is 0 Å². The number of likely N-dealkylation sites (N-methyl/N-ethyl adjacent to an activating group) is 1. The number of nitrogens with two attached hydrogens (primary N) is 1. The van der Waals surface area contributed by atoms with Crippen LogP contribution in [0.15, 0.2) is 30.3 Å². The van der Waals surface area contributed by atoms with E-state index in [1.165, 1.54) is 7.05 Å². The number of amides is 2. The number of rotatable bonds is 10. The third kappa shape index (κ3) is 6.57. The van der Waals surface area contributed by atoms with Gasteiger partial charge in [0.25, 0.3) is 0 Å². The molecule has 28 heavy (non-hydrogen) atoms. The normalized spacial score (nSPS) is 15.7. The highest BCUT2D eigenvalue weighted by molar-refractivity contribution is 7.88. The van der Waals surface area contributed by atoms with E-state index in [1.807, 2.05) is 30.3 Å². The molecule has 2 amide bonds. The lowest BCUT2D eigenvalue weighted by atomic mass is 9.78. The number of aliphatic hydroxyl groups excluding tert-OH is 1. The zero-order valence-corrected chi connectivity index (χ0v) is 17.9. The van der Waals surface area contributed by atoms with Crippen LogP contribution in [0.3, 0.4) is 0 Å². The lowest BCUT2D eigenvalue weighted by molar-refractivity contribution is -0.138. The first-order chi connectivity index (χ1) is 12.8. The number of nitrogens with zero attached hydrogens (tertiary/aromatic N) is 1. The Morgan fingerprint density at radius 1 is 1.25 bits per heavy atom. The van der Waals surface area contributed by atoms with Crippen molar-refractivity contribution in [2.24, 2.45) is 17.1 Å². The molecule has 9 heteroatoms. The Morgan fingerprint density at radius 2 is 1.79 bits per heavy atom. The fourth-order valence-electron chi connectivity index (χ4n) is 2.53. The van der Waals surface area contributed by atoms with E-state index in [-0.39, 0.29) is 6.54 Å². The number of primary amides is 1. The zero-order valence-electron chi connectivity index (χ0n) is 17.0. The molecule has 158 valence electrons. The summed E-state index contributed by atoms with van der Waals surface area (Å²) in [6, 6.07) is 8.48. The van der Waals surface area contributed by atoms with Gasteiger partial charge in [-0.1, -0.05) is 51.1 Å². The van der Waals surface area contributed by atoms with Crippen molar-refractivity contribution in [3.8, 4) is 0 Å². The van der Waals surface area contributed by atoms with Crippen molar-refractivity contribution >= 4 is 21.8 Å². The molecule has 1 aromatic rings. The summed E-state index contributed by atoms with van der Waals surface area (Å²) < 4.78 is 24.3. The van der Waals surface area contributed by atoms with Crippen LogP contribution in [0.5, 0.6) is 0 Å². The molecule has 0 aliphatic carbocycles. The van der Waals surface area contributed by atoms with Crippen LogP contribution in [0.4, 0.5) is 0 Å². The maximum atomic E-state index is 12.7. The van der Waals surface area contributed by atoms with Crippen molar-refractivity contribution in [2.75, 3.05) is 19.8 Å². The number of hydrogen-bond donors (Lipinski definition) is 3. The first-order valence-electron chi connectivity index (χ1n) is 9.00. The van der Waals surface area contributed by atoms with Gasteiger partial charge in [0.2, 0.25) is 21.8 Å². The molecule has 0 fully saturated rings. The Bertz CT molecular complexity index is 780. The summed E-state index contributed by atoms with van der Waals surface area (Å²) >= 11 is 0. The molecule has 3 atom stereocenters. The summed E-state index contributed by atoms with van der Waals surface area (Å²) in [5.74, 6) is -1.78. The SMILES string of the molecule is CC(C(=O)N[C@@H](Cc1ccccc1)[C@H](O)CN(C)S(C)(=O)=O)C(C)(C)C(N)=O. The average Bonchev–Trinajstić information content (AvgIpc) is 2.60. The van der Waals surface area contributed by atoms with Crippen LogP contribution in [0.25, 0.3) is 0 Å². The van der Waals surface area contributed by atoms with E-state index in [2.05, 4.69) is 5.32 Å². The number of sulfonamides is 1. The van der Waals surface area contributed by atoms with Gasteiger partial charge in [0.15, 0.2) is 0 Å². The highest BCUT2D eigenvalue weighted by Gasteiger charge is 2.38. The lowest BCUT2D eigenvalue weighted by Crippen LogP contribution is -2.53. The van der Waals surface area contributed by atoms with Crippen LogP contribution in [0, 0.1) is 11.3 Å². The molecule has 0 spiro atoms. The van der Waals surface area contributed by atoms with Gasteiger partial charge < -0.3 is 16.2 Å². The highest BCUT2D eigenvalue weighted by atomic mass is 32.2. The summed E-state index contributed by atoms with van der Waals surface area (Å²) in [6.45, 7) is 4.58. The van der Waals surface area contributed by atoms with Crippen molar-refractivity contribution in [1.29, 1.82) is 0 Å². The van der Waals surface area contributed by atoms with E-state index in [0.717, 1.165) is 16.1 Å². The van der Waals surface area contributed by atoms with Crippen molar-refractivity contribution in [2.45, 2.75) is 39.3 Å². The van der Waals surface area contributed by atoms with E-state index in [9.17, 15) is 23.1 Å². The van der Waals surface area contributed by atoms with Gasteiger partial charge in [-0.05, 0) is 12.0 Å². The molecule has 1 unspecified atom stereocenters. The highest BCUT2D eigenvalue weighted by Crippen LogP contribution is 2.26. The van der Waals surface area contributed by atoms with Crippen molar-refractivity contribution in [3.05, 3.63) is 35.9 Å². The minimum Gasteiger partial charge on any atom is -0.390 e. The van der Waals surface area contributed by atoms with Gasteiger partial charge in [-0.3, -0.25) is 9.59 Å². The van der Waals surface area contributed by atoms with Gasteiger partial charge in [0.05, 0.1) is 23.8 Å². The Balaban J connectivity index is 3.03. The van der Waals surface area contributed by atoms with Crippen LogP contribution in [0.1, 0.15) is 26.3 Å². The minimum absolute atomic E-state index is 0.176. The van der Waals surface area contributed by atoms with Gasteiger partial charge in [0.1, 0.15) is 0 Å². The predicted octanol–water partition coefficient (Wildman–Crippen LogP) is 0.114. The maximum Gasteiger partial charge on any atom is 0.224 e. The van der Waals surface area contributed by atoms with Gasteiger partial charge in [-0.25, -0.2) is 12.7 Å². The quantitative estimate of drug-likeness (QED) is 0.501. The van der Waals surface area contributed by atoms with E-state index in [1.54, 1.807) is 20.8 Å². The monoisotopic (exact) mass is 413 g/mol. The number of carbonyl (C=O) groups excluding carboxylic acids is 2. The molecule has 0 bridgehead atoms. The molecule has 0 radical (unpaired) electrons. The van der Waals surface area contributed by atoms with Crippen LogP contribution in [-0.2, 0) is 26.0 Å². The Morgan fingerprint density at radius 3 is 2.25 bits per heavy atom. The Labute approximate surface area is 167 Å². The number of hydrogen-bond acceptors (Lipinski definition) is 5. The average molecular weight is 414 g/mol. The first-order valence-corrected chi connectivity index (χ1v) is 10.8. The summed E-state index contributed by atoms with van der Waals surface area (Å²) in [5, 5.41) is 13.4. The predicted molar refractivity (Wildman–Crippen MR) is 108 cm³/mol. The standard InChI is InChI=1S/C19H31N3O5S/c1-13(19(2,3)18(20)25)17(24)21-15(11-14-9-7-6-8-10-14)16(23)12-22(4)28(5,26)27/h6-10,13,15-16,23H,11-12H2,1-5H3,(H2,20,25)(H,21,24)/t13?,15-,16+/m0/s1. The zero-order chi connectivity index (χ0) is 21.7. The maximum absolute atomic E-state index is 12.7. The molecular weight excluding hydrogens is 382 g/mol. The van der Waals surface area contributed by atoms with Crippen molar-refractivity contribution in [1.82, 2.24) is 9.62 Å². The van der Waals surface area contributed by atoms with E-state index in [0.29, 0.717) is 6.42 Å². The molecule has 0 aliphatic heterocycles. The summed E-state index contributed by atoms with van der Waals surface area (Å²) in [4.78, 5) is 24.4. The van der Waals surface area contributed by atoms with Crippen molar-refractivity contribution in [3.63, 3.8) is 0 Å². The van der Waals surface area contributed by atoms with Crippen LogP contribution in [-0.4, -0.2) is 61.6 Å². The summed E-state index contributed by atoms with van der Waals surface area (Å²) in [7, 11) is -2.12. The largest absolute Gasteiger partial charge is 0.390 e. The number of nitrogens with one attached hydrogen (secondary N) is 1. The number of aliphatic hydroxyl groups is 1. The molecule has 0 saturated carbocycles. The Kier molecular flexibility index (Phi) is 8.16. The van der Waals surface area contributed by atoms with Gasteiger partial charge in [-0.15, -0.1) is 0 Å². The van der Waals surface area contributed by atoms with E-state index < -0.39 is 45.3 Å². The van der Waals surface area contributed by atoms with Gasteiger partial charge >= 0.3 is 0 Å². The van der Waals surface area contributed by atoms with E-state index >= 15 is 0 Å². The minimum atomic E-state index is -3.48. The first kappa shape index (κ1) is 24.1. The fraction of sp³-hybridized carbons (Fsp3) is 0.579. The third-order valence-electron chi connectivity index (χ3n) is 5.21. The van der Waals surface area contributed by atoms with Gasteiger partial charge in [0, 0.05) is 19.5 Å². The van der Waals surface area contributed by atoms with Crippen molar-refractivity contribution < 1.29 is 23.1 Å². The van der Waals surface area contributed by atoms with E-state index in [4.69, 9.17) is 5.73 Å². The third-order valence-corrected chi connectivity index (χ3v) is 6.49.